The van der Waals surface area contributed by atoms with E-state index in [-0.39, 0.29) is 22.9 Å². The van der Waals surface area contributed by atoms with Crippen LogP contribution in [0.25, 0.3) is 0 Å². The lowest BCUT2D eigenvalue weighted by atomic mass is 9.45. The number of aryl methyl sites for hydroxylation is 1. The van der Waals surface area contributed by atoms with Crippen molar-refractivity contribution in [1.29, 1.82) is 0 Å². The summed E-state index contributed by atoms with van der Waals surface area (Å²) < 4.78 is 5.44. The van der Waals surface area contributed by atoms with E-state index in [4.69, 9.17) is 4.74 Å². The molecule has 2 bridgehead atoms. The Morgan fingerprint density at radius 2 is 1.88 bits per heavy atom. The lowest BCUT2D eigenvalue weighted by Crippen LogP contribution is -2.52. The second kappa shape index (κ2) is 5.26. The monoisotopic (exact) mass is 356 g/mol. The van der Waals surface area contributed by atoms with Gasteiger partial charge in [0.1, 0.15) is 5.75 Å². The third-order valence-electron chi connectivity index (χ3n) is 9.28. The predicted octanol–water partition coefficient (Wildman–Crippen LogP) is 4.05. The fourth-order valence-electron chi connectivity index (χ4n) is 7.73. The van der Waals surface area contributed by atoms with Gasteiger partial charge in [0.05, 0.1) is 18.8 Å². The number of fused-ring (bicyclic) bond motifs is 4. The topological polar surface area (TPSA) is 49.7 Å². The van der Waals surface area contributed by atoms with Gasteiger partial charge < -0.3 is 14.9 Å². The normalized spacial score (nSPS) is 49.1. The number of aliphatic hydroxyl groups is 2. The first-order valence-electron chi connectivity index (χ1n) is 10.4. The zero-order valence-electron chi connectivity index (χ0n) is 16.3. The highest BCUT2D eigenvalue weighted by molar-refractivity contribution is 5.41. The van der Waals surface area contributed by atoms with Crippen molar-refractivity contribution < 1.29 is 14.9 Å². The van der Waals surface area contributed by atoms with Crippen LogP contribution in [0.15, 0.2) is 18.2 Å². The third-order valence-corrected chi connectivity index (χ3v) is 9.28. The summed E-state index contributed by atoms with van der Waals surface area (Å²) >= 11 is 0. The quantitative estimate of drug-likeness (QED) is 0.798. The molecule has 0 saturated heterocycles. The highest BCUT2D eigenvalue weighted by atomic mass is 16.5. The molecule has 2 N–H and O–H groups in total. The highest BCUT2D eigenvalue weighted by Gasteiger charge is 2.71. The van der Waals surface area contributed by atoms with Crippen LogP contribution in [0.5, 0.6) is 5.75 Å². The number of methoxy groups -OCH3 is 1. The summed E-state index contributed by atoms with van der Waals surface area (Å²) in [4.78, 5) is 0. The first-order valence-corrected chi connectivity index (χ1v) is 10.4. The minimum absolute atomic E-state index is 0.0384. The molecule has 0 unspecified atom stereocenters. The van der Waals surface area contributed by atoms with Crippen LogP contribution in [0.2, 0.25) is 0 Å². The van der Waals surface area contributed by atoms with Gasteiger partial charge in [-0.25, -0.2) is 0 Å². The van der Waals surface area contributed by atoms with Crippen LogP contribution in [-0.2, 0) is 6.42 Å². The summed E-state index contributed by atoms with van der Waals surface area (Å²) in [5.74, 6) is 2.24. The van der Waals surface area contributed by atoms with Gasteiger partial charge in [-0.05, 0) is 97.8 Å². The average molecular weight is 357 g/mol. The van der Waals surface area contributed by atoms with Gasteiger partial charge in [0, 0.05) is 5.92 Å². The van der Waals surface area contributed by atoms with Crippen LogP contribution in [0.1, 0.15) is 69.4 Å². The van der Waals surface area contributed by atoms with E-state index < -0.39 is 5.60 Å². The number of hydrogen-bond donors (Lipinski definition) is 2. The maximum atomic E-state index is 11.3. The van der Waals surface area contributed by atoms with E-state index in [9.17, 15) is 10.2 Å². The van der Waals surface area contributed by atoms with Crippen molar-refractivity contribution in [3.8, 4) is 5.75 Å². The van der Waals surface area contributed by atoms with Crippen LogP contribution in [0.4, 0.5) is 0 Å². The van der Waals surface area contributed by atoms with Crippen molar-refractivity contribution in [3.05, 3.63) is 29.3 Å². The molecule has 1 aromatic rings. The summed E-state index contributed by atoms with van der Waals surface area (Å²) in [6.45, 7) is 4.28. The Morgan fingerprint density at radius 1 is 1.08 bits per heavy atom. The minimum Gasteiger partial charge on any atom is -0.497 e. The molecular weight excluding hydrogens is 324 g/mol. The third kappa shape index (κ3) is 1.91. The molecule has 4 aliphatic rings. The second-order valence-electron chi connectivity index (χ2n) is 10.0. The number of rotatable bonds is 1. The summed E-state index contributed by atoms with van der Waals surface area (Å²) in [5.41, 5.74) is 2.43. The van der Waals surface area contributed by atoms with E-state index in [1.54, 1.807) is 7.11 Å². The van der Waals surface area contributed by atoms with Gasteiger partial charge in [0.2, 0.25) is 0 Å². The first-order chi connectivity index (χ1) is 12.3. The Labute approximate surface area is 156 Å². The Bertz CT molecular complexity index is 741. The number of hydrogen-bond acceptors (Lipinski definition) is 3. The van der Waals surface area contributed by atoms with Crippen molar-refractivity contribution in [3.63, 3.8) is 0 Å². The Morgan fingerprint density at radius 3 is 2.65 bits per heavy atom. The molecule has 3 saturated carbocycles. The van der Waals surface area contributed by atoms with Gasteiger partial charge in [-0.15, -0.1) is 0 Å². The zero-order chi connectivity index (χ0) is 18.3. The molecule has 1 spiro atoms. The van der Waals surface area contributed by atoms with Gasteiger partial charge in [-0.2, -0.15) is 0 Å². The van der Waals surface area contributed by atoms with E-state index in [2.05, 4.69) is 25.1 Å². The molecule has 0 amide bonds. The zero-order valence-corrected chi connectivity index (χ0v) is 16.3. The number of ether oxygens (including phenoxy) is 1. The number of benzene rings is 1. The van der Waals surface area contributed by atoms with E-state index in [0.717, 1.165) is 44.3 Å². The molecule has 26 heavy (non-hydrogen) atoms. The van der Waals surface area contributed by atoms with Crippen LogP contribution in [0.3, 0.4) is 0 Å². The van der Waals surface area contributed by atoms with E-state index in [1.807, 2.05) is 6.92 Å². The highest BCUT2D eigenvalue weighted by Crippen LogP contribution is 2.74. The molecule has 142 valence electrons. The summed E-state index contributed by atoms with van der Waals surface area (Å²) in [6, 6.07) is 6.64. The van der Waals surface area contributed by atoms with Crippen LogP contribution in [0, 0.1) is 22.7 Å². The van der Waals surface area contributed by atoms with Crippen molar-refractivity contribution in [1.82, 2.24) is 0 Å². The second-order valence-corrected chi connectivity index (χ2v) is 10.0. The van der Waals surface area contributed by atoms with Crippen molar-refractivity contribution in [2.75, 3.05) is 7.11 Å². The van der Waals surface area contributed by atoms with Gasteiger partial charge in [0.25, 0.3) is 0 Å². The molecule has 0 heterocycles. The summed E-state index contributed by atoms with van der Waals surface area (Å²) in [5, 5.41) is 22.2. The molecule has 3 fully saturated rings. The maximum Gasteiger partial charge on any atom is 0.119 e. The molecule has 0 radical (unpaired) electrons. The lowest BCUT2D eigenvalue weighted by molar-refractivity contribution is -0.100. The molecule has 3 nitrogen and oxygen atoms in total. The lowest BCUT2D eigenvalue weighted by Gasteiger charge is -2.59. The minimum atomic E-state index is -0.708. The Kier molecular flexibility index (Phi) is 3.45. The maximum absolute atomic E-state index is 11.3. The van der Waals surface area contributed by atoms with Crippen molar-refractivity contribution in [2.45, 2.75) is 76.4 Å². The molecule has 0 aliphatic heterocycles. The van der Waals surface area contributed by atoms with Gasteiger partial charge in [-0.1, -0.05) is 13.0 Å². The molecule has 7 atom stereocenters. The first kappa shape index (κ1) is 17.1. The molecule has 0 aromatic heterocycles. The largest absolute Gasteiger partial charge is 0.497 e. The smallest absolute Gasteiger partial charge is 0.119 e. The molecule has 5 rings (SSSR count). The predicted molar refractivity (Wildman–Crippen MR) is 101 cm³/mol. The van der Waals surface area contributed by atoms with E-state index in [1.165, 1.54) is 17.5 Å². The van der Waals surface area contributed by atoms with Crippen molar-refractivity contribution >= 4 is 0 Å². The molecule has 4 aliphatic carbocycles. The summed E-state index contributed by atoms with van der Waals surface area (Å²) in [6.07, 6.45) is 7.11. The SMILES string of the molecule is COc1ccc2c(c1)CC[C@@H]1[C@@H]2CC[C@]2(C)[C@@H](O)[C@@H]3C[C@]12CC[C@]3(C)O. The van der Waals surface area contributed by atoms with Gasteiger partial charge in [-0.3, -0.25) is 0 Å². The van der Waals surface area contributed by atoms with Crippen molar-refractivity contribution in [2.24, 2.45) is 22.7 Å². The molecule has 1 aromatic carbocycles. The standard InChI is InChI=1S/C23H32O3/c1-21-9-8-17-16-6-5-15(26-3)12-14(16)4-7-18(17)23(21)11-10-22(2,25)19(13-23)20(21)24/h5-6,12,17-20,24-25H,4,7-11,13H2,1-3H3/t17-,18-,19+,20+,21-,22+,23-/m1/s1. The average Bonchev–Trinajstić information content (AvgIpc) is 2.85. The molecule has 3 heteroatoms. The fraction of sp³-hybridized carbons (Fsp3) is 0.739. The Hall–Kier alpha value is -1.06. The Balaban J connectivity index is 1.58. The molecular formula is C23H32O3. The van der Waals surface area contributed by atoms with E-state index >= 15 is 0 Å². The van der Waals surface area contributed by atoms with Crippen LogP contribution < -0.4 is 4.74 Å². The summed E-state index contributed by atoms with van der Waals surface area (Å²) in [7, 11) is 1.74. The fourth-order valence-corrected chi connectivity index (χ4v) is 7.73. The van der Waals surface area contributed by atoms with E-state index in [0.29, 0.717) is 11.8 Å². The van der Waals surface area contributed by atoms with Crippen LogP contribution in [-0.4, -0.2) is 29.0 Å². The van der Waals surface area contributed by atoms with Crippen LogP contribution >= 0.6 is 0 Å². The van der Waals surface area contributed by atoms with Gasteiger partial charge in [0.15, 0.2) is 0 Å². The van der Waals surface area contributed by atoms with Gasteiger partial charge >= 0.3 is 0 Å². The number of aliphatic hydroxyl groups excluding tert-OH is 1.